The summed E-state index contributed by atoms with van der Waals surface area (Å²) in [4.78, 5) is 0. The number of nitrogens with zero attached hydrogens (tertiary/aromatic N) is 1. The van der Waals surface area contributed by atoms with E-state index >= 15 is 0 Å². The second kappa shape index (κ2) is 6.86. The first-order chi connectivity index (χ1) is 10.4. The van der Waals surface area contributed by atoms with E-state index in [4.69, 9.17) is 0 Å². The van der Waals surface area contributed by atoms with E-state index in [0.29, 0.717) is 0 Å². The average Bonchev–Trinajstić information content (AvgIpc) is 2.89. The predicted molar refractivity (Wildman–Crippen MR) is 90.8 cm³/mol. The average molecular weight is 296 g/mol. The first-order valence-corrected chi connectivity index (χ1v) is 8.64. The molecule has 21 heavy (non-hydrogen) atoms. The van der Waals surface area contributed by atoms with Crippen LogP contribution < -0.4 is 4.57 Å². The van der Waals surface area contributed by atoms with Crippen molar-refractivity contribution in [2.24, 2.45) is 0 Å². The van der Waals surface area contributed by atoms with Crippen molar-refractivity contribution in [1.29, 1.82) is 0 Å². The maximum Gasteiger partial charge on any atom is 0.238 e. The monoisotopic (exact) mass is 296 g/mol. The molecule has 1 aromatic heterocycles. The minimum absolute atomic E-state index is 1.12. The fourth-order valence-electron chi connectivity index (χ4n) is 2.73. The number of aromatic nitrogens is 1. The third kappa shape index (κ3) is 3.33. The van der Waals surface area contributed by atoms with Gasteiger partial charge in [0.1, 0.15) is 11.2 Å². The van der Waals surface area contributed by atoms with Gasteiger partial charge in [-0.25, -0.2) is 0 Å². The van der Waals surface area contributed by atoms with E-state index in [2.05, 4.69) is 66.1 Å². The molecular weight excluding hydrogens is 274 g/mol. The molecule has 0 fully saturated rings. The zero-order valence-electron chi connectivity index (χ0n) is 12.6. The highest BCUT2D eigenvalue weighted by Crippen LogP contribution is 2.21. The highest BCUT2D eigenvalue weighted by Gasteiger charge is 2.19. The summed E-state index contributed by atoms with van der Waals surface area (Å²) in [6, 6.07) is 19.6. The molecule has 0 aliphatic carbocycles. The molecular formula is C19H22NS+. The Bertz CT molecular complexity index is 700. The lowest BCUT2D eigenvalue weighted by atomic mass is 10.1. The highest BCUT2D eigenvalue weighted by atomic mass is 32.1. The van der Waals surface area contributed by atoms with Gasteiger partial charge in [0.15, 0.2) is 0 Å². The van der Waals surface area contributed by atoms with E-state index in [0.717, 1.165) is 19.4 Å². The zero-order chi connectivity index (χ0) is 14.5. The van der Waals surface area contributed by atoms with E-state index < -0.39 is 0 Å². The SMILES string of the molecule is CCCC[n+]1c(CCc2ccccc2)sc2ccccc21. The summed E-state index contributed by atoms with van der Waals surface area (Å²) >= 11 is 1.96. The number of benzene rings is 2. The molecule has 2 aromatic carbocycles. The molecule has 3 aromatic rings. The summed E-state index contributed by atoms with van der Waals surface area (Å²) in [5, 5.41) is 1.51. The standard InChI is InChI=1S/C19H22NS/c1-2-3-15-20-17-11-7-8-12-18(17)21-19(20)14-13-16-9-5-4-6-10-16/h4-12H,2-3,13-15H2,1H3/q+1. The second-order valence-electron chi connectivity index (χ2n) is 5.45. The lowest BCUT2D eigenvalue weighted by Crippen LogP contribution is -2.36. The molecule has 108 valence electrons. The molecule has 0 saturated heterocycles. The van der Waals surface area contributed by atoms with Gasteiger partial charge in [0, 0.05) is 18.9 Å². The third-order valence-electron chi connectivity index (χ3n) is 3.89. The Labute approximate surface area is 130 Å². The highest BCUT2D eigenvalue weighted by molar-refractivity contribution is 7.18. The number of hydrogen-bond acceptors (Lipinski definition) is 1. The van der Waals surface area contributed by atoms with Gasteiger partial charge < -0.3 is 0 Å². The van der Waals surface area contributed by atoms with Crippen molar-refractivity contribution in [3.63, 3.8) is 0 Å². The molecule has 0 N–H and O–H groups in total. The molecule has 0 atom stereocenters. The van der Waals surface area contributed by atoms with Crippen molar-refractivity contribution in [1.82, 2.24) is 0 Å². The number of para-hydroxylation sites is 1. The first-order valence-electron chi connectivity index (χ1n) is 7.82. The van der Waals surface area contributed by atoms with Gasteiger partial charge >= 0.3 is 0 Å². The smallest absolute Gasteiger partial charge is 0.186 e. The van der Waals surface area contributed by atoms with Crippen LogP contribution in [0.15, 0.2) is 54.6 Å². The van der Waals surface area contributed by atoms with Crippen LogP contribution >= 0.6 is 11.3 Å². The van der Waals surface area contributed by atoms with Crippen LogP contribution in [-0.4, -0.2) is 0 Å². The maximum absolute atomic E-state index is 2.53. The number of unbranched alkanes of at least 4 members (excludes halogenated alkanes) is 1. The molecule has 0 radical (unpaired) electrons. The Hall–Kier alpha value is -1.67. The van der Waals surface area contributed by atoms with Crippen LogP contribution in [0, 0.1) is 0 Å². The summed E-state index contributed by atoms with van der Waals surface area (Å²) in [7, 11) is 0. The molecule has 0 saturated carbocycles. The van der Waals surface area contributed by atoms with E-state index in [-0.39, 0.29) is 0 Å². The van der Waals surface area contributed by atoms with Gasteiger partial charge in [-0.05, 0) is 18.1 Å². The first kappa shape index (κ1) is 14.3. The van der Waals surface area contributed by atoms with E-state index in [1.165, 1.54) is 33.6 Å². The number of fused-ring (bicyclic) bond motifs is 1. The molecule has 0 bridgehead atoms. The molecule has 0 unspecified atom stereocenters. The van der Waals surface area contributed by atoms with Crippen LogP contribution in [-0.2, 0) is 19.4 Å². The summed E-state index contributed by atoms with van der Waals surface area (Å²) < 4.78 is 3.95. The largest absolute Gasteiger partial charge is 0.238 e. The summed E-state index contributed by atoms with van der Waals surface area (Å²) in [6.07, 6.45) is 4.76. The predicted octanol–water partition coefficient (Wildman–Crippen LogP) is 4.77. The number of aryl methyl sites for hydroxylation is 3. The molecule has 0 aliphatic rings. The quantitative estimate of drug-likeness (QED) is 0.577. The Morgan fingerprint density at radius 3 is 2.48 bits per heavy atom. The van der Waals surface area contributed by atoms with Crippen LogP contribution in [0.2, 0.25) is 0 Å². The molecule has 0 aliphatic heterocycles. The van der Waals surface area contributed by atoms with Gasteiger partial charge in [-0.1, -0.05) is 67.1 Å². The topological polar surface area (TPSA) is 3.88 Å². The lowest BCUT2D eigenvalue weighted by molar-refractivity contribution is -0.674. The summed E-state index contributed by atoms with van der Waals surface area (Å²) in [5.74, 6) is 0. The van der Waals surface area contributed by atoms with Gasteiger partial charge in [-0.3, -0.25) is 0 Å². The van der Waals surface area contributed by atoms with Crippen molar-refractivity contribution in [3.8, 4) is 0 Å². The van der Waals surface area contributed by atoms with E-state index in [1.54, 1.807) is 0 Å². The van der Waals surface area contributed by atoms with Gasteiger partial charge in [-0.2, -0.15) is 4.57 Å². The molecule has 1 heterocycles. The van der Waals surface area contributed by atoms with Crippen LogP contribution in [0.3, 0.4) is 0 Å². The zero-order valence-corrected chi connectivity index (χ0v) is 13.4. The van der Waals surface area contributed by atoms with Crippen molar-refractivity contribution in [2.75, 3.05) is 0 Å². The number of hydrogen-bond donors (Lipinski definition) is 0. The maximum atomic E-state index is 2.53. The van der Waals surface area contributed by atoms with Crippen molar-refractivity contribution in [2.45, 2.75) is 39.2 Å². The van der Waals surface area contributed by atoms with Crippen molar-refractivity contribution < 1.29 is 4.57 Å². The Morgan fingerprint density at radius 2 is 1.67 bits per heavy atom. The third-order valence-corrected chi connectivity index (χ3v) is 5.12. The lowest BCUT2D eigenvalue weighted by Gasteiger charge is -2.00. The minimum atomic E-state index is 1.12. The van der Waals surface area contributed by atoms with Gasteiger partial charge in [0.05, 0.1) is 0 Å². The van der Waals surface area contributed by atoms with E-state index in [1.807, 2.05) is 11.3 Å². The summed E-state index contributed by atoms with van der Waals surface area (Å²) in [5.41, 5.74) is 2.83. The van der Waals surface area contributed by atoms with Crippen molar-refractivity contribution in [3.05, 3.63) is 65.2 Å². The Kier molecular flexibility index (Phi) is 4.66. The fourth-order valence-corrected chi connectivity index (χ4v) is 3.91. The minimum Gasteiger partial charge on any atom is -0.186 e. The number of thiazole rings is 1. The van der Waals surface area contributed by atoms with Gasteiger partial charge in [0.25, 0.3) is 0 Å². The molecule has 1 nitrogen and oxygen atoms in total. The van der Waals surface area contributed by atoms with Crippen LogP contribution in [0.25, 0.3) is 10.2 Å². The Balaban J connectivity index is 1.86. The number of rotatable bonds is 6. The van der Waals surface area contributed by atoms with Gasteiger partial charge in [0.2, 0.25) is 10.5 Å². The van der Waals surface area contributed by atoms with Crippen molar-refractivity contribution >= 4 is 21.6 Å². The second-order valence-corrected chi connectivity index (χ2v) is 6.57. The molecule has 2 heteroatoms. The molecule has 0 spiro atoms. The fraction of sp³-hybridized carbons (Fsp3) is 0.316. The van der Waals surface area contributed by atoms with Gasteiger partial charge in [-0.15, -0.1) is 0 Å². The molecule has 3 rings (SSSR count). The van der Waals surface area contributed by atoms with Crippen LogP contribution in [0.1, 0.15) is 30.3 Å². The summed E-state index contributed by atoms with van der Waals surface area (Å²) in [6.45, 7) is 3.41. The molecule has 0 amide bonds. The van der Waals surface area contributed by atoms with E-state index in [9.17, 15) is 0 Å². The Morgan fingerprint density at radius 1 is 0.905 bits per heavy atom. The van der Waals surface area contributed by atoms with Crippen LogP contribution in [0.4, 0.5) is 0 Å². The normalized spacial score (nSPS) is 11.1. The van der Waals surface area contributed by atoms with Crippen LogP contribution in [0.5, 0.6) is 0 Å².